The molecule has 1 saturated carbocycles. The maximum atomic E-state index is 14.0. The number of carbonyl (C=O) groups is 3. The first kappa shape index (κ1) is 38.0. The third kappa shape index (κ3) is 10.1. The lowest BCUT2D eigenvalue weighted by Crippen LogP contribution is -2.41. The number of carbonyl (C=O) groups excluding carboxylic acids is 3. The van der Waals surface area contributed by atoms with Gasteiger partial charge in [0.1, 0.15) is 0 Å². The van der Waals surface area contributed by atoms with Crippen LogP contribution in [0.15, 0.2) is 79.1 Å². The Labute approximate surface area is 323 Å². The smallest absolute Gasteiger partial charge is 0.257 e. The van der Waals surface area contributed by atoms with Crippen molar-refractivity contribution in [2.24, 2.45) is 0 Å². The van der Waals surface area contributed by atoms with E-state index in [1.165, 1.54) is 25.7 Å². The SMILES string of the molecule is CN(CCN1CCOCC1)C(=O)c1cccc(C(=O)Nc2ccc(N3CCCCC3)cc2C(=O)Nc2ccc(-c3cnc(NC4CCCCC4)nc3)cc2)c1. The molecule has 3 aromatic carbocycles. The summed E-state index contributed by atoms with van der Waals surface area (Å²) in [5.74, 6) is -0.250. The number of nitrogens with zero attached hydrogens (tertiary/aromatic N) is 5. The fraction of sp³-hybridized carbons (Fsp3) is 0.419. The van der Waals surface area contributed by atoms with Gasteiger partial charge in [-0.3, -0.25) is 19.3 Å². The van der Waals surface area contributed by atoms with Crippen molar-refractivity contribution >= 4 is 40.7 Å². The van der Waals surface area contributed by atoms with Gasteiger partial charge < -0.3 is 30.5 Å². The van der Waals surface area contributed by atoms with E-state index in [0.717, 1.165) is 75.2 Å². The van der Waals surface area contributed by atoms with Gasteiger partial charge in [0.25, 0.3) is 17.7 Å². The topological polar surface area (TPSA) is 132 Å². The summed E-state index contributed by atoms with van der Waals surface area (Å²) in [7, 11) is 1.78. The highest BCUT2D eigenvalue weighted by atomic mass is 16.5. The third-order valence-electron chi connectivity index (χ3n) is 10.9. The van der Waals surface area contributed by atoms with Crippen LogP contribution in [-0.2, 0) is 4.74 Å². The van der Waals surface area contributed by atoms with Gasteiger partial charge in [-0.1, -0.05) is 37.5 Å². The van der Waals surface area contributed by atoms with Gasteiger partial charge in [0, 0.05) is 92.8 Å². The minimum absolute atomic E-state index is 0.156. The van der Waals surface area contributed by atoms with Gasteiger partial charge in [0.2, 0.25) is 5.95 Å². The number of piperidine rings is 1. The summed E-state index contributed by atoms with van der Waals surface area (Å²) in [6, 6.07) is 20.3. The number of anilines is 4. The molecular weight excluding hydrogens is 693 g/mol. The van der Waals surface area contributed by atoms with E-state index in [0.29, 0.717) is 59.8 Å². The molecule has 0 atom stereocenters. The number of hydrogen-bond acceptors (Lipinski definition) is 9. The predicted octanol–water partition coefficient (Wildman–Crippen LogP) is 6.79. The first-order valence-electron chi connectivity index (χ1n) is 19.8. The van der Waals surface area contributed by atoms with E-state index >= 15 is 0 Å². The largest absolute Gasteiger partial charge is 0.379 e. The van der Waals surface area contributed by atoms with Crippen molar-refractivity contribution in [1.82, 2.24) is 19.8 Å². The molecule has 7 rings (SSSR count). The summed E-state index contributed by atoms with van der Waals surface area (Å²) in [4.78, 5) is 56.3. The maximum absolute atomic E-state index is 14.0. The molecule has 1 aliphatic carbocycles. The van der Waals surface area contributed by atoms with Crippen LogP contribution >= 0.6 is 0 Å². The Bertz CT molecular complexity index is 1920. The van der Waals surface area contributed by atoms with Gasteiger partial charge in [0.15, 0.2) is 0 Å². The third-order valence-corrected chi connectivity index (χ3v) is 10.9. The second kappa shape index (κ2) is 18.3. The quantitative estimate of drug-likeness (QED) is 0.144. The van der Waals surface area contributed by atoms with Gasteiger partial charge in [0.05, 0.1) is 24.5 Å². The van der Waals surface area contributed by atoms with Crippen LogP contribution in [0.5, 0.6) is 0 Å². The van der Waals surface area contributed by atoms with Crippen molar-refractivity contribution in [2.45, 2.75) is 57.4 Å². The van der Waals surface area contributed by atoms with Gasteiger partial charge in [-0.15, -0.1) is 0 Å². The van der Waals surface area contributed by atoms with Crippen molar-refractivity contribution in [3.63, 3.8) is 0 Å². The fourth-order valence-corrected chi connectivity index (χ4v) is 7.53. The van der Waals surface area contributed by atoms with Gasteiger partial charge in [-0.25, -0.2) is 9.97 Å². The Kier molecular flexibility index (Phi) is 12.7. The molecule has 3 aliphatic rings. The monoisotopic (exact) mass is 744 g/mol. The van der Waals surface area contributed by atoms with Crippen molar-refractivity contribution in [3.05, 3.63) is 95.8 Å². The lowest BCUT2D eigenvalue weighted by Gasteiger charge is -2.29. The molecular formula is C43H52N8O4. The minimum atomic E-state index is -0.406. The average Bonchev–Trinajstić information content (AvgIpc) is 3.24. The van der Waals surface area contributed by atoms with Crippen LogP contribution in [0.4, 0.5) is 23.0 Å². The van der Waals surface area contributed by atoms with Crippen molar-refractivity contribution in [2.75, 3.05) is 80.4 Å². The molecule has 2 aliphatic heterocycles. The van der Waals surface area contributed by atoms with E-state index in [2.05, 4.69) is 35.7 Å². The van der Waals surface area contributed by atoms with Gasteiger partial charge in [-0.2, -0.15) is 0 Å². The molecule has 0 spiro atoms. The molecule has 4 aromatic rings. The van der Waals surface area contributed by atoms with E-state index in [1.54, 1.807) is 42.3 Å². The standard InChI is InChI=1S/C43H52N8O4/c1-49(21-22-50-23-25-55-26-24-50)42(54)33-10-8-9-32(27-33)40(52)48-39-18-17-37(51-19-6-3-7-20-51)28-38(39)41(53)46-36-15-13-31(14-16-36)34-29-44-43(45-30-34)47-35-11-4-2-5-12-35/h8-10,13-18,27-30,35H,2-7,11-12,19-26H2,1H3,(H,46,53)(H,48,52)(H,44,45,47). The summed E-state index contributed by atoms with van der Waals surface area (Å²) in [6.45, 7) is 6.27. The molecule has 1 aromatic heterocycles. The summed E-state index contributed by atoms with van der Waals surface area (Å²) in [5.41, 5.74) is 4.88. The lowest BCUT2D eigenvalue weighted by molar-refractivity contribution is 0.0338. The summed E-state index contributed by atoms with van der Waals surface area (Å²) in [5, 5.41) is 9.47. The Morgan fingerprint density at radius 1 is 0.764 bits per heavy atom. The highest BCUT2D eigenvalue weighted by Crippen LogP contribution is 2.29. The van der Waals surface area contributed by atoms with Crippen LogP contribution in [0.3, 0.4) is 0 Å². The Morgan fingerprint density at radius 2 is 1.47 bits per heavy atom. The Balaban J connectivity index is 1.03. The van der Waals surface area contributed by atoms with E-state index in [1.807, 2.05) is 48.8 Å². The molecule has 0 bridgehead atoms. The van der Waals surface area contributed by atoms with Crippen molar-refractivity contribution < 1.29 is 19.1 Å². The highest BCUT2D eigenvalue weighted by Gasteiger charge is 2.21. The lowest BCUT2D eigenvalue weighted by atomic mass is 9.96. The second-order valence-corrected chi connectivity index (χ2v) is 14.8. The Morgan fingerprint density at radius 3 is 2.22 bits per heavy atom. The maximum Gasteiger partial charge on any atom is 0.257 e. The molecule has 12 heteroatoms. The summed E-state index contributed by atoms with van der Waals surface area (Å²) in [6.07, 6.45) is 13.1. The van der Waals surface area contributed by atoms with Crippen molar-refractivity contribution in [1.29, 1.82) is 0 Å². The predicted molar refractivity (Wildman–Crippen MR) is 217 cm³/mol. The number of nitrogens with one attached hydrogen (secondary N) is 3. The van der Waals surface area contributed by atoms with Crippen LogP contribution in [0.1, 0.15) is 82.4 Å². The molecule has 0 radical (unpaired) electrons. The molecule has 2 saturated heterocycles. The molecule has 0 unspecified atom stereocenters. The van der Waals surface area contributed by atoms with E-state index in [4.69, 9.17) is 4.74 Å². The van der Waals surface area contributed by atoms with Crippen molar-refractivity contribution in [3.8, 4) is 11.1 Å². The minimum Gasteiger partial charge on any atom is -0.379 e. The number of likely N-dealkylation sites (N-methyl/N-ethyl adjacent to an activating group) is 1. The number of hydrogen-bond donors (Lipinski definition) is 3. The van der Waals surface area contributed by atoms with E-state index < -0.39 is 5.91 Å². The van der Waals surface area contributed by atoms with Gasteiger partial charge in [-0.05, 0) is 86.2 Å². The van der Waals surface area contributed by atoms with Crippen LogP contribution in [0, 0.1) is 0 Å². The van der Waals surface area contributed by atoms with E-state index in [9.17, 15) is 14.4 Å². The Hall–Kier alpha value is -5.33. The summed E-state index contributed by atoms with van der Waals surface area (Å²) >= 11 is 0. The normalized spacial score (nSPS) is 16.6. The highest BCUT2D eigenvalue weighted by molar-refractivity contribution is 6.13. The van der Waals surface area contributed by atoms with Crippen LogP contribution in [0.2, 0.25) is 0 Å². The second-order valence-electron chi connectivity index (χ2n) is 14.8. The molecule has 3 N–H and O–H groups in total. The number of morpholine rings is 1. The van der Waals surface area contributed by atoms with Crippen LogP contribution in [-0.4, -0.2) is 103 Å². The molecule has 3 heterocycles. The molecule has 3 fully saturated rings. The van der Waals surface area contributed by atoms with Gasteiger partial charge >= 0.3 is 0 Å². The average molecular weight is 745 g/mol. The fourth-order valence-electron chi connectivity index (χ4n) is 7.53. The number of rotatable bonds is 12. The number of benzene rings is 3. The molecule has 288 valence electrons. The zero-order valence-electron chi connectivity index (χ0n) is 31.8. The molecule has 12 nitrogen and oxygen atoms in total. The first-order chi connectivity index (χ1) is 26.9. The first-order valence-corrected chi connectivity index (χ1v) is 19.8. The number of amides is 3. The molecule has 55 heavy (non-hydrogen) atoms. The zero-order valence-corrected chi connectivity index (χ0v) is 31.8. The van der Waals surface area contributed by atoms with Crippen LogP contribution < -0.4 is 20.9 Å². The number of ether oxygens (including phenoxy) is 1. The van der Waals surface area contributed by atoms with Crippen LogP contribution in [0.25, 0.3) is 11.1 Å². The summed E-state index contributed by atoms with van der Waals surface area (Å²) < 4.78 is 5.43. The number of aromatic nitrogens is 2. The van der Waals surface area contributed by atoms with E-state index in [-0.39, 0.29) is 11.8 Å². The molecule has 3 amide bonds. The zero-order chi connectivity index (χ0) is 38.0.